The molecule has 0 saturated heterocycles. The minimum atomic E-state index is 0.319. The van der Waals surface area contributed by atoms with Crippen LogP contribution in [0.5, 0.6) is 0 Å². The first-order valence-corrected chi connectivity index (χ1v) is 11.5. The number of nitrogens with one attached hydrogen (secondary N) is 1. The molecule has 2 aliphatic rings. The lowest BCUT2D eigenvalue weighted by atomic mass is 9.94. The first-order valence-electron chi connectivity index (χ1n) is 11.1. The van der Waals surface area contributed by atoms with Crippen molar-refractivity contribution < 1.29 is 4.79 Å². The normalized spacial score (nSPS) is 14.9. The van der Waals surface area contributed by atoms with E-state index in [0.717, 1.165) is 68.7 Å². The molecular weight excluding hydrogens is 380 g/mol. The van der Waals surface area contributed by atoms with Gasteiger partial charge in [0.1, 0.15) is 0 Å². The second-order valence-electron chi connectivity index (χ2n) is 8.31. The summed E-state index contributed by atoms with van der Waals surface area (Å²) in [5, 5.41) is 4.33. The molecule has 1 N–H and O–H groups in total. The van der Waals surface area contributed by atoms with E-state index in [-0.39, 0.29) is 0 Å². The molecule has 3 nitrogen and oxygen atoms in total. The Morgan fingerprint density at radius 3 is 2.69 bits per heavy atom. The first kappa shape index (κ1) is 20.4. The fourth-order valence-electron chi connectivity index (χ4n) is 4.67. The molecule has 0 saturated carbocycles. The second-order valence-corrected chi connectivity index (χ2v) is 8.72. The quantitative estimate of drug-likeness (QED) is 0.430. The molecule has 4 heteroatoms. The van der Waals surface area contributed by atoms with Crippen LogP contribution >= 0.6 is 11.6 Å². The van der Waals surface area contributed by atoms with Crippen LogP contribution in [-0.2, 0) is 19.3 Å². The van der Waals surface area contributed by atoms with Crippen LogP contribution in [0.2, 0.25) is 5.02 Å². The average Bonchev–Trinajstić information content (AvgIpc) is 3.15. The largest absolute Gasteiger partial charge is 0.371 e. The number of carbonyl (C=O) groups is 1. The number of aryl methyl sites for hydroxylation is 1. The summed E-state index contributed by atoms with van der Waals surface area (Å²) < 4.78 is 0. The maximum absolute atomic E-state index is 12.7. The molecule has 4 rings (SSSR count). The smallest absolute Gasteiger partial charge is 0.162 e. The number of Topliss-reactive ketones (excluding diaryl/α,β-unsaturated/α-hetero) is 1. The van der Waals surface area contributed by atoms with Crippen molar-refractivity contribution in [2.45, 2.75) is 51.4 Å². The van der Waals surface area contributed by atoms with E-state index in [9.17, 15) is 4.79 Å². The fourth-order valence-corrected chi connectivity index (χ4v) is 4.90. The van der Waals surface area contributed by atoms with Gasteiger partial charge >= 0.3 is 0 Å². The summed E-state index contributed by atoms with van der Waals surface area (Å²) in [4.78, 5) is 15.2. The van der Waals surface area contributed by atoms with Gasteiger partial charge in [-0.25, -0.2) is 0 Å². The van der Waals surface area contributed by atoms with Crippen LogP contribution in [-0.4, -0.2) is 32.0 Å². The van der Waals surface area contributed by atoms with Gasteiger partial charge in [0.2, 0.25) is 0 Å². The van der Waals surface area contributed by atoms with Gasteiger partial charge in [0.05, 0.1) is 0 Å². The van der Waals surface area contributed by atoms with Gasteiger partial charge in [0, 0.05) is 35.8 Å². The molecule has 2 aromatic carbocycles. The van der Waals surface area contributed by atoms with E-state index in [1.54, 1.807) is 0 Å². The summed E-state index contributed by atoms with van der Waals surface area (Å²) in [6.45, 7) is 4.25. The number of nitrogens with zero attached hydrogens (tertiary/aromatic N) is 1. The summed E-state index contributed by atoms with van der Waals surface area (Å²) in [6, 6.07) is 12.4. The van der Waals surface area contributed by atoms with Gasteiger partial charge in [0.15, 0.2) is 5.78 Å². The summed E-state index contributed by atoms with van der Waals surface area (Å²) >= 11 is 6.18. The van der Waals surface area contributed by atoms with Crippen LogP contribution < -0.4 is 10.2 Å². The van der Waals surface area contributed by atoms with E-state index in [2.05, 4.69) is 28.4 Å². The summed E-state index contributed by atoms with van der Waals surface area (Å²) in [6.07, 6.45) is 8.24. The average molecular weight is 411 g/mol. The molecule has 29 heavy (non-hydrogen) atoms. The van der Waals surface area contributed by atoms with E-state index in [4.69, 9.17) is 11.6 Å². The molecule has 0 atom stereocenters. The molecule has 2 aromatic rings. The Labute approximate surface area is 179 Å². The van der Waals surface area contributed by atoms with Crippen LogP contribution in [0.4, 0.5) is 5.69 Å². The van der Waals surface area contributed by atoms with Gasteiger partial charge < -0.3 is 10.2 Å². The Bertz CT molecular complexity index is 864. The Kier molecular flexibility index (Phi) is 6.89. The number of hydrogen-bond donors (Lipinski definition) is 1. The molecule has 0 spiro atoms. The van der Waals surface area contributed by atoms with Crippen molar-refractivity contribution in [3.63, 3.8) is 0 Å². The predicted octanol–water partition coefficient (Wildman–Crippen LogP) is 5.22. The van der Waals surface area contributed by atoms with E-state index < -0.39 is 0 Å². The highest BCUT2D eigenvalue weighted by molar-refractivity contribution is 6.31. The van der Waals surface area contributed by atoms with Gasteiger partial charge in [-0.05, 0) is 86.5 Å². The van der Waals surface area contributed by atoms with Crippen molar-refractivity contribution in [1.82, 2.24) is 5.32 Å². The number of carbonyl (C=O) groups excluding carboxylic acids is 1. The van der Waals surface area contributed by atoms with E-state index in [1.165, 1.54) is 35.3 Å². The van der Waals surface area contributed by atoms with E-state index >= 15 is 0 Å². The highest BCUT2D eigenvalue weighted by Gasteiger charge is 2.26. The maximum Gasteiger partial charge on any atom is 0.162 e. The summed E-state index contributed by atoms with van der Waals surface area (Å²) in [5.74, 6) is 0.319. The minimum absolute atomic E-state index is 0.319. The lowest BCUT2D eigenvalue weighted by Gasteiger charge is -2.27. The number of ketones is 1. The Balaban J connectivity index is 1.15. The third-order valence-corrected chi connectivity index (χ3v) is 6.59. The van der Waals surface area contributed by atoms with Crippen LogP contribution in [0.1, 0.15) is 59.2 Å². The molecule has 0 radical (unpaired) electrons. The second kappa shape index (κ2) is 9.77. The molecule has 2 aliphatic heterocycles. The third-order valence-electron chi connectivity index (χ3n) is 6.22. The van der Waals surface area contributed by atoms with Gasteiger partial charge in [0.25, 0.3) is 0 Å². The Morgan fingerprint density at radius 2 is 1.83 bits per heavy atom. The molecule has 0 fully saturated rings. The highest BCUT2D eigenvalue weighted by Crippen LogP contribution is 2.37. The van der Waals surface area contributed by atoms with Crippen molar-refractivity contribution in [3.05, 3.63) is 63.7 Å². The van der Waals surface area contributed by atoms with Crippen LogP contribution in [0.3, 0.4) is 0 Å². The van der Waals surface area contributed by atoms with Crippen molar-refractivity contribution in [2.75, 3.05) is 31.1 Å². The van der Waals surface area contributed by atoms with Crippen molar-refractivity contribution in [1.29, 1.82) is 0 Å². The maximum atomic E-state index is 12.7. The highest BCUT2D eigenvalue weighted by atomic mass is 35.5. The number of hydrogen-bond acceptors (Lipinski definition) is 3. The minimum Gasteiger partial charge on any atom is -0.371 e. The number of unbranched alkanes of at least 4 members (excludes halogenated alkanes) is 2. The van der Waals surface area contributed by atoms with Crippen LogP contribution in [0.25, 0.3) is 0 Å². The van der Waals surface area contributed by atoms with E-state index in [0.29, 0.717) is 12.2 Å². The third kappa shape index (κ3) is 5.02. The molecule has 0 amide bonds. The molecule has 2 heterocycles. The Morgan fingerprint density at radius 1 is 1.00 bits per heavy atom. The van der Waals surface area contributed by atoms with Crippen molar-refractivity contribution in [3.8, 4) is 0 Å². The molecule has 0 bridgehead atoms. The van der Waals surface area contributed by atoms with Gasteiger partial charge in [-0.15, -0.1) is 0 Å². The zero-order valence-corrected chi connectivity index (χ0v) is 17.9. The number of anilines is 1. The van der Waals surface area contributed by atoms with Crippen LogP contribution in [0.15, 0.2) is 36.4 Å². The van der Waals surface area contributed by atoms with Gasteiger partial charge in [-0.2, -0.15) is 0 Å². The standard InChI is InChI=1S/C25H31ClN2O/c26-23-9-4-3-7-19(23)11-14-27-13-5-1-2-10-24(29)22-17-20-8-6-15-28-16-12-21(18-22)25(20)28/h3-4,7,9,17-18,27H,1-2,5-6,8,10-16H2. The monoisotopic (exact) mass is 410 g/mol. The van der Waals surface area contributed by atoms with E-state index in [1.807, 2.05) is 18.2 Å². The molecule has 0 unspecified atom stereocenters. The molecule has 0 aromatic heterocycles. The summed E-state index contributed by atoms with van der Waals surface area (Å²) in [5.41, 5.74) is 6.38. The van der Waals surface area contributed by atoms with Gasteiger partial charge in [-0.3, -0.25) is 4.79 Å². The van der Waals surface area contributed by atoms with Crippen molar-refractivity contribution >= 4 is 23.1 Å². The lowest BCUT2D eigenvalue weighted by Crippen LogP contribution is -2.26. The topological polar surface area (TPSA) is 32.3 Å². The number of benzene rings is 2. The fraction of sp³-hybridized carbons (Fsp3) is 0.480. The van der Waals surface area contributed by atoms with Crippen molar-refractivity contribution in [2.24, 2.45) is 0 Å². The Hall–Kier alpha value is -1.84. The number of halogens is 1. The predicted molar refractivity (Wildman–Crippen MR) is 122 cm³/mol. The van der Waals surface area contributed by atoms with Crippen LogP contribution in [0, 0.1) is 0 Å². The lowest BCUT2D eigenvalue weighted by molar-refractivity contribution is 0.0979. The first-order chi connectivity index (χ1) is 14.2. The summed E-state index contributed by atoms with van der Waals surface area (Å²) in [7, 11) is 0. The molecule has 0 aliphatic carbocycles. The zero-order valence-electron chi connectivity index (χ0n) is 17.2. The number of rotatable bonds is 10. The SMILES string of the molecule is O=C(CCCCCNCCc1ccccc1Cl)c1cc2c3c(c1)CCN3CCC2. The molecular formula is C25H31ClN2O. The zero-order chi connectivity index (χ0) is 20.1. The molecule has 154 valence electrons. The van der Waals surface area contributed by atoms with Gasteiger partial charge in [-0.1, -0.05) is 36.2 Å².